The van der Waals surface area contributed by atoms with E-state index >= 15 is 0 Å². The van der Waals surface area contributed by atoms with Crippen LogP contribution in [0.25, 0.3) is 0 Å². The van der Waals surface area contributed by atoms with Crippen LogP contribution in [0.2, 0.25) is 0 Å². The van der Waals surface area contributed by atoms with Gasteiger partial charge in [-0.05, 0) is 18.2 Å². The Bertz CT molecular complexity index is 655. The molecule has 0 aliphatic heterocycles. The van der Waals surface area contributed by atoms with E-state index in [0.29, 0.717) is 16.9 Å². The van der Waals surface area contributed by atoms with Crippen LogP contribution >= 0.6 is 0 Å². The number of halogens is 1. The Morgan fingerprint density at radius 1 is 1.08 bits per heavy atom. The highest BCUT2D eigenvalue weighted by atomic mass is 19.1. The number of anilines is 1. The molecule has 1 aromatic carbocycles. The van der Waals surface area contributed by atoms with Crippen molar-refractivity contribution in [3.63, 3.8) is 0 Å². The molecule has 0 amide bonds. The van der Waals surface area contributed by atoms with Gasteiger partial charge in [-0.1, -0.05) is 45.9 Å². The molecule has 0 radical (unpaired) electrons. The van der Waals surface area contributed by atoms with Gasteiger partial charge in [-0.25, -0.2) is 9.37 Å². The molecule has 24 heavy (non-hydrogen) atoms. The summed E-state index contributed by atoms with van der Waals surface area (Å²) in [7, 11) is 0. The molecule has 130 valence electrons. The summed E-state index contributed by atoms with van der Waals surface area (Å²) in [6.45, 7) is 8.24. The molecule has 5 N–H and O–H groups in total. The van der Waals surface area contributed by atoms with Gasteiger partial charge in [0.15, 0.2) is 0 Å². The Balaban J connectivity index is 0.00000123. The van der Waals surface area contributed by atoms with E-state index in [2.05, 4.69) is 10.3 Å². The smallest absolute Gasteiger partial charge is 0.141 e. The van der Waals surface area contributed by atoms with E-state index < -0.39 is 0 Å². The van der Waals surface area contributed by atoms with Crippen molar-refractivity contribution in [2.45, 2.75) is 34.2 Å². The summed E-state index contributed by atoms with van der Waals surface area (Å²) in [6.07, 6.45) is 1.56. The molecule has 1 heterocycles. The van der Waals surface area contributed by atoms with Crippen molar-refractivity contribution in [1.29, 1.82) is 10.8 Å². The maximum atomic E-state index is 13.5. The van der Waals surface area contributed by atoms with Crippen LogP contribution in [0.15, 0.2) is 42.6 Å². The van der Waals surface area contributed by atoms with E-state index in [1.165, 1.54) is 6.07 Å². The average Bonchev–Trinajstić information content (AvgIpc) is 2.64. The fraction of sp³-hybridized carbons (Fsp3) is 0.278. The molecule has 0 bridgehead atoms. The van der Waals surface area contributed by atoms with Crippen molar-refractivity contribution in [3.8, 4) is 0 Å². The number of benzene rings is 1. The molecule has 2 aromatic rings. The maximum absolute atomic E-state index is 13.5. The highest BCUT2D eigenvalue weighted by Gasteiger charge is 2.11. The number of rotatable bonds is 5. The van der Waals surface area contributed by atoms with Gasteiger partial charge in [0, 0.05) is 23.9 Å². The lowest BCUT2D eigenvalue weighted by atomic mass is 10.1. The summed E-state index contributed by atoms with van der Waals surface area (Å²) in [4.78, 5) is 4.10. The minimum absolute atomic E-state index is 0.117. The topological polar surface area (TPSA) is 98.6 Å². The summed E-state index contributed by atoms with van der Waals surface area (Å²) >= 11 is 0. The summed E-state index contributed by atoms with van der Waals surface area (Å²) in [5.41, 5.74) is 6.11. The van der Waals surface area contributed by atoms with Crippen molar-refractivity contribution in [3.05, 3.63) is 59.5 Å². The molecule has 0 spiro atoms. The van der Waals surface area contributed by atoms with Crippen LogP contribution in [0, 0.1) is 16.6 Å². The second-order valence-corrected chi connectivity index (χ2v) is 4.13. The number of nitrogens with two attached hydrogens (primary N) is 1. The van der Waals surface area contributed by atoms with Crippen molar-refractivity contribution in [1.82, 2.24) is 4.98 Å². The van der Waals surface area contributed by atoms with Crippen LogP contribution in [0.1, 0.15) is 38.8 Å². The van der Waals surface area contributed by atoms with Crippen LogP contribution in [0.3, 0.4) is 0 Å². The quantitative estimate of drug-likeness (QED) is 0.488. The lowest BCUT2D eigenvalue weighted by Gasteiger charge is -2.11. The number of nitrogens with zero attached hydrogens (tertiary/aromatic N) is 1. The first kappa shape index (κ1) is 21.2. The van der Waals surface area contributed by atoms with E-state index in [4.69, 9.17) is 16.6 Å². The molecule has 0 aliphatic rings. The molecule has 0 fully saturated rings. The number of pyridine rings is 1. The number of hydrogen-bond donors (Lipinski definition) is 4. The van der Waals surface area contributed by atoms with E-state index in [0.717, 1.165) is 0 Å². The molecule has 1 aromatic heterocycles. The van der Waals surface area contributed by atoms with Crippen LogP contribution in [-0.2, 0) is 6.54 Å². The molecular formula is C18H26FN5. The zero-order valence-corrected chi connectivity index (χ0v) is 14.7. The van der Waals surface area contributed by atoms with Gasteiger partial charge in [0.1, 0.15) is 23.2 Å². The Labute approximate surface area is 143 Å². The number of amidine groups is 1. The van der Waals surface area contributed by atoms with E-state index in [9.17, 15) is 4.39 Å². The zero-order chi connectivity index (χ0) is 18.5. The lowest BCUT2D eigenvalue weighted by Crippen LogP contribution is -2.23. The minimum atomic E-state index is -0.341. The maximum Gasteiger partial charge on any atom is 0.141 e. The van der Waals surface area contributed by atoms with Crippen LogP contribution in [0.5, 0.6) is 0 Å². The van der Waals surface area contributed by atoms with Crippen molar-refractivity contribution in [2.24, 2.45) is 5.73 Å². The zero-order valence-electron chi connectivity index (χ0n) is 14.7. The first-order valence-corrected chi connectivity index (χ1v) is 7.95. The number of nitrogens with one attached hydrogen (secondary N) is 3. The average molecular weight is 331 g/mol. The Kier molecular flexibility index (Phi) is 10.4. The minimum Gasteiger partial charge on any atom is -0.382 e. The van der Waals surface area contributed by atoms with Crippen LogP contribution in [-0.4, -0.2) is 16.5 Å². The molecule has 5 nitrogen and oxygen atoms in total. The van der Waals surface area contributed by atoms with Gasteiger partial charge in [-0.15, -0.1) is 0 Å². The molecular weight excluding hydrogens is 305 g/mol. The molecule has 0 atom stereocenters. The Hall–Kier alpha value is -2.76. The molecule has 2 rings (SSSR count). The van der Waals surface area contributed by atoms with Gasteiger partial charge in [0.2, 0.25) is 0 Å². The summed E-state index contributed by atoms with van der Waals surface area (Å²) < 4.78 is 13.5. The highest BCUT2D eigenvalue weighted by molar-refractivity contribution is 6.45. The van der Waals surface area contributed by atoms with Gasteiger partial charge in [0.05, 0.1) is 0 Å². The second-order valence-electron chi connectivity index (χ2n) is 4.13. The number of hydrogen-bond acceptors (Lipinski definition) is 4. The van der Waals surface area contributed by atoms with Crippen molar-refractivity contribution in [2.75, 3.05) is 5.32 Å². The van der Waals surface area contributed by atoms with Gasteiger partial charge in [-0.2, -0.15) is 0 Å². The van der Waals surface area contributed by atoms with Gasteiger partial charge in [0.25, 0.3) is 0 Å². The van der Waals surface area contributed by atoms with Crippen LogP contribution in [0.4, 0.5) is 10.2 Å². The second kappa shape index (κ2) is 11.8. The normalized spacial score (nSPS) is 8.88. The summed E-state index contributed by atoms with van der Waals surface area (Å²) in [5.74, 6) is -0.248. The standard InChI is InChI=1S/C14H14FN5.2C2H6/c15-11-6-2-1-4-9(11)8-20-14-10(5-3-7-19-14)12(16)13(17)18;2*1-2/h1-7,16H,8H2,(H3,17,18)(H,19,20);2*1-2H3. The van der Waals surface area contributed by atoms with Gasteiger partial charge in [-0.3, -0.25) is 10.8 Å². The van der Waals surface area contributed by atoms with E-state index in [-0.39, 0.29) is 23.9 Å². The van der Waals surface area contributed by atoms with Gasteiger partial charge >= 0.3 is 0 Å². The predicted molar refractivity (Wildman–Crippen MR) is 99.4 cm³/mol. The monoisotopic (exact) mass is 331 g/mol. The van der Waals surface area contributed by atoms with Crippen molar-refractivity contribution >= 4 is 17.4 Å². The van der Waals surface area contributed by atoms with Gasteiger partial charge < -0.3 is 11.1 Å². The first-order chi connectivity index (χ1) is 11.6. The third-order valence-corrected chi connectivity index (χ3v) is 2.75. The number of aromatic nitrogens is 1. The third-order valence-electron chi connectivity index (χ3n) is 2.75. The largest absolute Gasteiger partial charge is 0.382 e. The Morgan fingerprint density at radius 3 is 2.29 bits per heavy atom. The van der Waals surface area contributed by atoms with E-state index in [1.54, 1.807) is 36.5 Å². The fourth-order valence-corrected chi connectivity index (χ4v) is 1.71. The lowest BCUT2D eigenvalue weighted by molar-refractivity contribution is 0.613. The molecule has 0 saturated heterocycles. The summed E-state index contributed by atoms with van der Waals surface area (Å²) in [5, 5.41) is 18.0. The molecule has 0 unspecified atom stereocenters. The summed E-state index contributed by atoms with van der Waals surface area (Å²) in [6, 6.07) is 9.71. The molecule has 6 heteroatoms. The van der Waals surface area contributed by atoms with Crippen molar-refractivity contribution < 1.29 is 4.39 Å². The third kappa shape index (κ3) is 6.16. The van der Waals surface area contributed by atoms with E-state index in [1.807, 2.05) is 27.7 Å². The Morgan fingerprint density at radius 2 is 1.71 bits per heavy atom. The predicted octanol–water partition coefficient (Wildman–Crippen LogP) is 4.19. The highest BCUT2D eigenvalue weighted by Crippen LogP contribution is 2.14. The SMILES string of the molecule is CC.CC.N=C(N)C(=N)c1cccnc1NCc1ccccc1F. The molecule has 0 saturated carbocycles. The molecule has 0 aliphatic carbocycles. The first-order valence-electron chi connectivity index (χ1n) is 7.95. The fourth-order valence-electron chi connectivity index (χ4n) is 1.71. The van der Waals surface area contributed by atoms with Crippen LogP contribution < -0.4 is 11.1 Å².